The van der Waals surface area contributed by atoms with E-state index in [1.807, 2.05) is 0 Å². The number of rotatable bonds is 48. The summed E-state index contributed by atoms with van der Waals surface area (Å²) in [6, 6.07) is -0.736. The molecule has 0 spiro atoms. The van der Waals surface area contributed by atoms with Crippen LogP contribution in [0.15, 0.2) is 48.6 Å². The van der Waals surface area contributed by atoms with Crippen LogP contribution in [0.5, 0.6) is 0 Å². The van der Waals surface area contributed by atoms with E-state index in [4.69, 9.17) is 14.2 Å². The largest absolute Gasteiger partial charge is 0.544 e. The van der Waals surface area contributed by atoms with Gasteiger partial charge in [0.2, 0.25) is 0 Å². The van der Waals surface area contributed by atoms with Crippen LogP contribution in [0.4, 0.5) is 0 Å². The van der Waals surface area contributed by atoms with Gasteiger partial charge in [-0.3, -0.25) is 9.59 Å². The van der Waals surface area contributed by atoms with Gasteiger partial charge in [0.25, 0.3) is 0 Å². The Labute approximate surface area is 395 Å². The summed E-state index contributed by atoms with van der Waals surface area (Å²) in [7, 11) is 5.40. The Morgan fingerprint density at radius 3 is 1.28 bits per heavy atom. The summed E-state index contributed by atoms with van der Waals surface area (Å²) in [6.07, 6.45) is 57.3. The minimum Gasteiger partial charge on any atom is -0.544 e. The van der Waals surface area contributed by atoms with E-state index in [0.717, 1.165) is 38.5 Å². The number of quaternary nitrogens is 1. The van der Waals surface area contributed by atoms with Crippen molar-refractivity contribution in [2.45, 2.75) is 251 Å². The van der Waals surface area contributed by atoms with Crippen LogP contribution < -0.4 is 5.11 Å². The molecule has 0 N–H and O–H groups in total. The normalized spacial score (nSPS) is 13.2. The molecule has 0 aliphatic rings. The molecule has 0 amide bonds. The van der Waals surface area contributed by atoms with Gasteiger partial charge in [0.05, 0.1) is 40.3 Å². The van der Waals surface area contributed by atoms with Crippen molar-refractivity contribution >= 4 is 17.9 Å². The van der Waals surface area contributed by atoms with Gasteiger partial charge in [0, 0.05) is 19.3 Å². The third-order valence-corrected chi connectivity index (χ3v) is 11.9. The lowest BCUT2D eigenvalue weighted by Crippen LogP contribution is -2.55. The summed E-state index contributed by atoms with van der Waals surface area (Å²) in [6.45, 7) is 4.62. The van der Waals surface area contributed by atoms with Crippen molar-refractivity contribution in [1.29, 1.82) is 0 Å². The highest BCUT2D eigenvalue weighted by Crippen LogP contribution is 2.15. The Bertz CT molecular complexity index is 1190. The number of carboxylic acid groups (broad SMARTS) is 1. The number of hydrogen-bond acceptors (Lipinski definition) is 7. The fraction of sp³-hybridized carbons (Fsp3) is 0.804. The lowest BCUT2D eigenvalue weighted by Gasteiger charge is -2.34. The summed E-state index contributed by atoms with van der Waals surface area (Å²) < 4.78 is 17.2. The molecular formula is C56H101NO7. The molecule has 0 fully saturated rings. The predicted octanol–water partition coefficient (Wildman–Crippen LogP) is 14.2. The van der Waals surface area contributed by atoms with Crippen LogP contribution >= 0.6 is 0 Å². The van der Waals surface area contributed by atoms with E-state index in [1.165, 1.54) is 161 Å². The van der Waals surface area contributed by atoms with E-state index in [1.54, 1.807) is 21.1 Å². The first-order valence-corrected chi connectivity index (χ1v) is 26.7. The van der Waals surface area contributed by atoms with Gasteiger partial charge < -0.3 is 28.6 Å². The van der Waals surface area contributed by atoms with Crippen molar-refractivity contribution in [3.63, 3.8) is 0 Å². The molecule has 372 valence electrons. The van der Waals surface area contributed by atoms with Crippen LogP contribution in [-0.4, -0.2) is 75.5 Å². The number of aliphatic carboxylic acids is 1. The minimum atomic E-state index is -1.13. The first kappa shape index (κ1) is 61.3. The molecule has 2 atom stereocenters. The molecule has 0 saturated heterocycles. The Morgan fingerprint density at radius 2 is 0.844 bits per heavy atom. The van der Waals surface area contributed by atoms with E-state index >= 15 is 0 Å². The number of esters is 2. The summed E-state index contributed by atoms with van der Waals surface area (Å²) >= 11 is 0. The molecule has 64 heavy (non-hydrogen) atoms. The molecule has 0 radical (unpaired) electrons. The summed E-state index contributed by atoms with van der Waals surface area (Å²) in [4.78, 5) is 37.0. The fourth-order valence-corrected chi connectivity index (χ4v) is 7.79. The molecule has 0 aliphatic carbocycles. The van der Waals surface area contributed by atoms with Crippen molar-refractivity contribution < 1.29 is 38.2 Å². The molecule has 8 heteroatoms. The predicted molar refractivity (Wildman–Crippen MR) is 268 cm³/mol. The summed E-state index contributed by atoms with van der Waals surface area (Å²) in [5, 5.41) is 11.7. The maximum atomic E-state index is 12.8. The average Bonchev–Trinajstić information content (AvgIpc) is 3.26. The van der Waals surface area contributed by atoms with Crippen LogP contribution in [0.3, 0.4) is 0 Å². The second-order valence-electron chi connectivity index (χ2n) is 19.1. The Morgan fingerprint density at radius 1 is 0.469 bits per heavy atom. The maximum Gasteiger partial charge on any atom is 0.306 e. The number of unbranched alkanes of at least 4 members (excludes halogenated alkanes) is 26. The van der Waals surface area contributed by atoms with Crippen LogP contribution in [0.2, 0.25) is 0 Å². The van der Waals surface area contributed by atoms with Crippen LogP contribution in [0.25, 0.3) is 0 Å². The lowest BCUT2D eigenvalue weighted by molar-refractivity contribution is -0.889. The molecule has 0 rings (SSSR count). The van der Waals surface area contributed by atoms with Gasteiger partial charge in [-0.05, 0) is 70.6 Å². The second kappa shape index (κ2) is 46.8. The van der Waals surface area contributed by atoms with E-state index in [0.29, 0.717) is 12.8 Å². The van der Waals surface area contributed by atoms with Crippen molar-refractivity contribution in [3.05, 3.63) is 48.6 Å². The molecule has 0 heterocycles. The zero-order valence-electron chi connectivity index (χ0n) is 42.4. The van der Waals surface area contributed by atoms with Crippen molar-refractivity contribution in [2.75, 3.05) is 41.0 Å². The molecule has 0 aromatic heterocycles. The molecular weight excluding hydrogens is 799 g/mol. The Kier molecular flexibility index (Phi) is 44.8. The zero-order chi connectivity index (χ0) is 47.0. The van der Waals surface area contributed by atoms with Crippen molar-refractivity contribution in [2.24, 2.45) is 0 Å². The molecule has 0 saturated carbocycles. The van der Waals surface area contributed by atoms with Crippen molar-refractivity contribution in [3.8, 4) is 0 Å². The molecule has 0 aromatic rings. The van der Waals surface area contributed by atoms with E-state index in [9.17, 15) is 19.5 Å². The number of hydrogen-bond donors (Lipinski definition) is 0. The van der Waals surface area contributed by atoms with Crippen LogP contribution in [0.1, 0.15) is 239 Å². The first-order valence-electron chi connectivity index (χ1n) is 26.7. The third-order valence-electron chi connectivity index (χ3n) is 11.9. The smallest absolute Gasteiger partial charge is 0.306 e. The zero-order valence-corrected chi connectivity index (χ0v) is 42.4. The van der Waals surface area contributed by atoms with Gasteiger partial charge in [-0.2, -0.15) is 0 Å². The van der Waals surface area contributed by atoms with E-state index in [2.05, 4.69) is 62.5 Å². The SMILES string of the molecule is CCCCCCCC/C=C/C/C=C/C/C=C/CCCC(=O)OC(COCCC(C(=O)[O-])[N+](C)(C)C)COC(=O)CCCCCCCCC/C=C/CCCCCCCCCCCCCC. The molecule has 2 unspecified atom stereocenters. The van der Waals surface area contributed by atoms with Gasteiger partial charge in [0.15, 0.2) is 6.10 Å². The van der Waals surface area contributed by atoms with Crippen LogP contribution in [0, 0.1) is 0 Å². The number of allylic oxidation sites excluding steroid dienone is 8. The van der Waals surface area contributed by atoms with E-state index in [-0.39, 0.29) is 49.1 Å². The van der Waals surface area contributed by atoms with Gasteiger partial charge in [0.1, 0.15) is 12.6 Å². The fourth-order valence-electron chi connectivity index (χ4n) is 7.79. The number of carbonyl (C=O) groups excluding carboxylic acids is 3. The number of carbonyl (C=O) groups is 3. The quantitative estimate of drug-likeness (QED) is 0.0259. The molecule has 0 aliphatic heterocycles. The highest BCUT2D eigenvalue weighted by atomic mass is 16.6. The third kappa shape index (κ3) is 44.5. The average molecular weight is 900 g/mol. The number of likely N-dealkylation sites (N-methyl/N-ethyl adjacent to an activating group) is 1. The molecule has 0 bridgehead atoms. The lowest BCUT2D eigenvalue weighted by atomic mass is 10.0. The Hall–Kier alpha value is -2.71. The minimum absolute atomic E-state index is 0.0195. The Balaban J connectivity index is 4.26. The highest BCUT2D eigenvalue weighted by molar-refractivity contribution is 5.70. The van der Waals surface area contributed by atoms with Gasteiger partial charge in [-0.25, -0.2) is 0 Å². The highest BCUT2D eigenvalue weighted by Gasteiger charge is 2.25. The monoisotopic (exact) mass is 900 g/mol. The van der Waals surface area contributed by atoms with Gasteiger partial charge in [-0.1, -0.05) is 197 Å². The first-order chi connectivity index (χ1) is 31.1. The van der Waals surface area contributed by atoms with Gasteiger partial charge in [-0.15, -0.1) is 0 Å². The maximum absolute atomic E-state index is 12.8. The summed E-state index contributed by atoms with van der Waals surface area (Å²) in [5.41, 5.74) is 0. The number of carboxylic acids is 1. The van der Waals surface area contributed by atoms with Crippen LogP contribution in [-0.2, 0) is 28.6 Å². The topological polar surface area (TPSA) is 102 Å². The van der Waals surface area contributed by atoms with Crippen molar-refractivity contribution in [1.82, 2.24) is 0 Å². The second-order valence-corrected chi connectivity index (χ2v) is 19.1. The standard InChI is InChI=1S/C56H101NO7/c1-6-8-10-12-14-16-18-20-22-24-25-26-27-28-29-31-32-34-36-38-40-42-44-46-54(58)63-51-52(50-62-49-48-53(56(60)61)57(3,4)5)64-55(59)47-45-43-41-39-37-35-33-30-23-21-19-17-15-13-11-9-7-2/h21,23,28-29,33,35,39,41,52-53H,6-20,22,24-27,30-32,34,36-38,40,42-51H2,1-5H3/b23-21+,29-28+,35-33+,41-39+. The number of nitrogens with zero attached hydrogens (tertiary/aromatic N) is 1. The van der Waals surface area contributed by atoms with Gasteiger partial charge >= 0.3 is 11.9 Å². The van der Waals surface area contributed by atoms with E-state index < -0.39 is 18.1 Å². The molecule has 8 nitrogen and oxygen atoms in total. The molecule has 0 aromatic carbocycles. The number of ether oxygens (including phenoxy) is 3. The summed E-state index contributed by atoms with van der Waals surface area (Å²) in [5.74, 6) is -1.80.